The number of nitrogens with zero attached hydrogens (tertiary/aromatic N) is 2. The summed E-state index contributed by atoms with van der Waals surface area (Å²) in [6.07, 6.45) is 2.71. The van der Waals surface area contributed by atoms with Crippen LogP contribution in [0, 0.1) is 3.70 Å². The molecule has 1 heterocycles. The van der Waals surface area contributed by atoms with E-state index in [0.717, 1.165) is 9.62 Å². The fourth-order valence-corrected chi connectivity index (χ4v) is 2.03. The molecule has 0 saturated heterocycles. The van der Waals surface area contributed by atoms with E-state index in [-0.39, 0.29) is 0 Å². The Morgan fingerprint density at radius 2 is 2.25 bits per heavy atom. The predicted octanol–water partition coefficient (Wildman–Crippen LogP) is 2.95. The zero-order chi connectivity index (χ0) is 8.72. The van der Waals surface area contributed by atoms with E-state index in [9.17, 15) is 0 Å². The minimum Gasteiger partial charge on any atom is -0.266 e. The van der Waals surface area contributed by atoms with Gasteiger partial charge in [0.1, 0.15) is 3.70 Å². The first kappa shape index (κ1) is 8.53. The minimum absolute atomic E-state index is 0.504. The molecule has 0 bridgehead atoms. The van der Waals surface area contributed by atoms with Gasteiger partial charge in [-0.15, -0.1) is 0 Å². The molecule has 1 aliphatic rings. The van der Waals surface area contributed by atoms with Gasteiger partial charge in [-0.05, 0) is 55.3 Å². The zero-order valence-electron chi connectivity index (χ0n) is 7.42. The van der Waals surface area contributed by atoms with Gasteiger partial charge in [0.25, 0.3) is 0 Å². The fraction of sp³-hybridized carbons (Fsp3) is 0.667. The third kappa shape index (κ3) is 1.51. The van der Waals surface area contributed by atoms with Gasteiger partial charge in [-0.25, -0.2) is 0 Å². The van der Waals surface area contributed by atoms with E-state index in [0.29, 0.717) is 6.04 Å². The van der Waals surface area contributed by atoms with Gasteiger partial charge in [0.15, 0.2) is 0 Å². The molecule has 1 aliphatic carbocycles. The van der Waals surface area contributed by atoms with Gasteiger partial charge in [-0.2, -0.15) is 5.10 Å². The van der Waals surface area contributed by atoms with Crippen LogP contribution in [-0.2, 0) is 0 Å². The lowest BCUT2D eigenvalue weighted by Gasteiger charge is -2.09. The summed E-state index contributed by atoms with van der Waals surface area (Å²) in [5, 5.41) is 4.47. The molecule has 0 N–H and O–H groups in total. The van der Waals surface area contributed by atoms with Crippen LogP contribution in [0.15, 0.2) is 6.07 Å². The maximum atomic E-state index is 4.47. The highest BCUT2D eigenvalue weighted by molar-refractivity contribution is 14.1. The highest BCUT2D eigenvalue weighted by Gasteiger charge is 2.28. The zero-order valence-corrected chi connectivity index (χ0v) is 9.58. The van der Waals surface area contributed by atoms with E-state index >= 15 is 0 Å². The first-order valence-corrected chi connectivity index (χ1v) is 5.51. The molecule has 1 saturated carbocycles. The maximum Gasteiger partial charge on any atom is 0.123 e. The summed E-state index contributed by atoms with van der Waals surface area (Å²) < 4.78 is 3.29. The number of rotatable bonds is 2. The molecule has 66 valence electrons. The van der Waals surface area contributed by atoms with Crippen molar-refractivity contribution in [3.05, 3.63) is 15.5 Å². The van der Waals surface area contributed by atoms with Gasteiger partial charge >= 0.3 is 0 Å². The summed E-state index contributed by atoms with van der Waals surface area (Å²) in [6.45, 7) is 4.38. The summed E-state index contributed by atoms with van der Waals surface area (Å²) >= 11 is 2.29. The third-order valence-corrected chi connectivity index (χ3v) is 2.75. The standard InChI is InChI=1S/C9H13IN2/c1-6(2)12-8(7-3-4-7)5-9(10)11-12/h5-7H,3-4H2,1-2H3. The maximum absolute atomic E-state index is 4.47. The molecule has 0 atom stereocenters. The van der Waals surface area contributed by atoms with Crippen molar-refractivity contribution in [2.75, 3.05) is 0 Å². The van der Waals surface area contributed by atoms with Crippen molar-refractivity contribution in [1.29, 1.82) is 0 Å². The van der Waals surface area contributed by atoms with Crippen molar-refractivity contribution < 1.29 is 0 Å². The number of hydrogen-bond donors (Lipinski definition) is 0. The van der Waals surface area contributed by atoms with E-state index in [1.807, 2.05) is 0 Å². The predicted molar refractivity (Wildman–Crippen MR) is 57.3 cm³/mol. The van der Waals surface area contributed by atoms with Gasteiger partial charge < -0.3 is 0 Å². The van der Waals surface area contributed by atoms with Crippen LogP contribution < -0.4 is 0 Å². The Morgan fingerprint density at radius 1 is 1.58 bits per heavy atom. The third-order valence-electron chi connectivity index (χ3n) is 2.22. The highest BCUT2D eigenvalue weighted by atomic mass is 127. The lowest BCUT2D eigenvalue weighted by molar-refractivity contribution is 0.507. The molecule has 0 unspecified atom stereocenters. The summed E-state index contributed by atoms with van der Waals surface area (Å²) in [5.41, 5.74) is 1.44. The fourth-order valence-electron chi connectivity index (χ4n) is 1.48. The SMILES string of the molecule is CC(C)n1nc(I)cc1C1CC1. The van der Waals surface area contributed by atoms with E-state index in [4.69, 9.17) is 0 Å². The molecule has 1 fully saturated rings. The summed E-state index contributed by atoms with van der Waals surface area (Å²) in [4.78, 5) is 0. The van der Waals surface area contributed by atoms with Gasteiger partial charge in [0, 0.05) is 17.7 Å². The Bertz CT molecular complexity index is 267. The van der Waals surface area contributed by atoms with Gasteiger partial charge in [-0.1, -0.05) is 0 Å². The molecule has 0 aromatic carbocycles. The summed E-state index contributed by atoms with van der Waals surface area (Å²) in [5.74, 6) is 0.809. The van der Waals surface area contributed by atoms with Crippen LogP contribution in [0.2, 0.25) is 0 Å². The van der Waals surface area contributed by atoms with Crippen LogP contribution >= 0.6 is 22.6 Å². The molecule has 1 aromatic rings. The Hall–Kier alpha value is -0.0600. The smallest absolute Gasteiger partial charge is 0.123 e. The van der Waals surface area contributed by atoms with Crippen LogP contribution in [0.25, 0.3) is 0 Å². The minimum atomic E-state index is 0.504. The second-order valence-corrected chi connectivity index (χ2v) is 4.81. The van der Waals surface area contributed by atoms with E-state index in [1.54, 1.807) is 0 Å². The molecule has 0 amide bonds. The quantitative estimate of drug-likeness (QED) is 0.759. The van der Waals surface area contributed by atoms with E-state index in [2.05, 4.69) is 52.3 Å². The molecule has 12 heavy (non-hydrogen) atoms. The first-order valence-electron chi connectivity index (χ1n) is 4.43. The van der Waals surface area contributed by atoms with Crippen molar-refractivity contribution in [1.82, 2.24) is 9.78 Å². The van der Waals surface area contributed by atoms with Crippen LogP contribution in [0.5, 0.6) is 0 Å². The summed E-state index contributed by atoms with van der Waals surface area (Å²) in [6, 6.07) is 2.72. The average molecular weight is 276 g/mol. The van der Waals surface area contributed by atoms with Crippen LogP contribution in [0.1, 0.15) is 44.3 Å². The van der Waals surface area contributed by atoms with Gasteiger partial charge in [0.05, 0.1) is 0 Å². The molecule has 3 heteroatoms. The number of hydrogen-bond acceptors (Lipinski definition) is 1. The largest absolute Gasteiger partial charge is 0.266 e. The Balaban J connectivity index is 2.36. The number of aromatic nitrogens is 2. The molecule has 0 aliphatic heterocycles. The molecule has 2 rings (SSSR count). The Kier molecular flexibility index (Phi) is 2.14. The molecular weight excluding hydrogens is 263 g/mol. The van der Waals surface area contributed by atoms with Crippen molar-refractivity contribution in [3.63, 3.8) is 0 Å². The van der Waals surface area contributed by atoms with E-state index < -0.39 is 0 Å². The molecular formula is C9H13IN2. The lowest BCUT2D eigenvalue weighted by Crippen LogP contribution is -2.06. The van der Waals surface area contributed by atoms with Crippen molar-refractivity contribution in [2.24, 2.45) is 0 Å². The van der Waals surface area contributed by atoms with Crippen LogP contribution in [0.4, 0.5) is 0 Å². The number of halogens is 1. The second-order valence-electron chi connectivity index (χ2n) is 3.70. The Labute approximate surface area is 86.5 Å². The Morgan fingerprint density at radius 3 is 2.75 bits per heavy atom. The molecule has 0 radical (unpaired) electrons. The van der Waals surface area contributed by atoms with Gasteiger partial charge in [0.2, 0.25) is 0 Å². The first-order chi connectivity index (χ1) is 5.68. The average Bonchev–Trinajstić information content (AvgIpc) is 2.75. The van der Waals surface area contributed by atoms with Crippen molar-refractivity contribution in [2.45, 2.75) is 38.6 Å². The lowest BCUT2D eigenvalue weighted by atomic mass is 10.3. The van der Waals surface area contributed by atoms with Crippen molar-refractivity contribution >= 4 is 22.6 Å². The topological polar surface area (TPSA) is 17.8 Å². The highest BCUT2D eigenvalue weighted by Crippen LogP contribution is 2.41. The molecule has 1 aromatic heterocycles. The summed E-state index contributed by atoms with van der Waals surface area (Å²) in [7, 11) is 0. The van der Waals surface area contributed by atoms with E-state index in [1.165, 1.54) is 18.5 Å². The van der Waals surface area contributed by atoms with Crippen LogP contribution in [-0.4, -0.2) is 9.78 Å². The normalized spacial score (nSPS) is 17.3. The molecule has 0 spiro atoms. The monoisotopic (exact) mass is 276 g/mol. The van der Waals surface area contributed by atoms with Crippen LogP contribution in [0.3, 0.4) is 0 Å². The van der Waals surface area contributed by atoms with Crippen molar-refractivity contribution in [3.8, 4) is 0 Å². The van der Waals surface area contributed by atoms with Gasteiger partial charge in [-0.3, -0.25) is 4.68 Å². The molecule has 2 nitrogen and oxygen atoms in total. The second kappa shape index (κ2) is 3.01.